The van der Waals surface area contributed by atoms with Crippen molar-refractivity contribution >= 4 is 67.6 Å². The number of ether oxygens (including phenoxy) is 1. The Hall–Kier alpha value is -2.25. The zero-order valence-corrected chi connectivity index (χ0v) is 21.1. The fourth-order valence-corrected chi connectivity index (χ4v) is 5.58. The summed E-state index contributed by atoms with van der Waals surface area (Å²) in [5.74, 6) is 1.51. The van der Waals surface area contributed by atoms with Gasteiger partial charge in [-0.05, 0) is 54.1 Å². The number of halogens is 2. The summed E-state index contributed by atoms with van der Waals surface area (Å²) in [4.78, 5) is 21.0. The van der Waals surface area contributed by atoms with E-state index in [4.69, 9.17) is 32.9 Å². The molecule has 4 nitrogen and oxygen atoms in total. The average molecular weight is 518 g/mol. The van der Waals surface area contributed by atoms with Crippen LogP contribution in [0.1, 0.15) is 18.4 Å². The number of hydrogen-bond donors (Lipinski definition) is 0. The van der Waals surface area contributed by atoms with Crippen molar-refractivity contribution < 1.29 is 9.53 Å². The Labute approximate surface area is 211 Å². The summed E-state index contributed by atoms with van der Waals surface area (Å²) in [6, 6.07) is 21.3. The van der Waals surface area contributed by atoms with Crippen LogP contribution in [0.15, 0.2) is 71.6 Å². The number of benzene rings is 3. The first kappa shape index (κ1) is 23.9. The van der Waals surface area contributed by atoms with Gasteiger partial charge in [-0.25, -0.2) is 4.98 Å². The number of nitrogens with zero attached hydrogens (tertiary/aromatic N) is 2. The lowest BCUT2D eigenvalue weighted by molar-refractivity contribution is -0.118. The summed E-state index contributed by atoms with van der Waals surface area (Å²) >= 11 is 15.5. The van der Waals surface area contributed by atoms with Crippen LogP contribution < -0.4 is 9.64 Å². The zero-order chi connectivity index (χ0) is 23.2. The first-order chi connectivity index (χ1) is 16.0. The van der Waals surface area contributed by atoms with Crippen molar-refractivity contribution in [2.24, 2.45) is 0 Å². The largest absolute Gasteiger partial charge is 0.494 e. The quantitative estimate of drug-likeness (QED) is 0.168. The monoisotopic (exact) mass is 516 g/mol. The van der Waals surface area contributed by atoms with Gasteiger partial charge in [-0.15, -0.1) is 11.8 Å². The lowest BCUT2D eigenvalue weighted by atomic mass is 10.2. The molecule has 0 saturated heterocycles. The molecule has 0 radical (unpaired) electrons. The highest BCUT2D eigenvalue weighted by Gasteiger charge is 2.22. The van der Waals surface area contributed by atoms with E-state index >= 15 is 0 Å². The van der Waals surface area contributed by atoms with Crippen LogP contribution in [-0.2, 0) is 11.3 Å². The smallest absolute Gasteiger partial charge is 0.229 e. The predicted molar refractivity (Wildman–Crippen MR) is 140 cm³/mol. The van der Waals surface area contributed by atoms with Gasteiger partial charge in [0.2, 0.25) is 5.91 Å². The maximum atomic E-state index is 13.3. The normalized spacial score (nSPS) is 11.0. The number of rotatable bonds is 9. The minimum absolute atomic E-state index is 0.0321. The second-order valence-corrected chi connectivity index (χ2v) is 10.3. The SMILES string of the molecule is COc1ccc(Cl)c2sc(N(Cc3ccccc3)C(=O)CCCSc3ccc(Cl)cc3)nc12. The van der Waals surface area contributed by atoms with Gasteiger partial charge in [-0.2, -0.15) is 0 Å². The molecular formula is C25H22Cl2N2O2S2. The van der Waals surface area contributed by atoms with Gasteiger partial charge in [-0.1, -0.05) is 64.9 Å². The number of thioether (sulfide) groups is 1. The van der Waals surface area contributed by atoms with Crippen molar-refractivity contribution in [2.75, 3.05) is 17.8 Å². The standard InChI is InChI=1S/C25H22Cl2N2O2S2/c1-31-21-14-13-20(27)24-23(21)28-25(33-24)29(16-17-6-3-2-4-7-17)22(30)8-5-15-32-19-11-9-18(26)10-12-19/h2-4,6-7,9-14H,5,8,15-16H2,1H3. The van der Waals surface area contributed by atoms with Crippen LogP contribution in [0.25, 0.3) is 10.2 Å². The van der Waals surface area contributed by atoms with Crippen LogP contribution in [0, 0.1) is 0 Å². The molecule has 3 aromatic carbocycles. The van der Waals surface area contributed by atoms with E-state index in [0.717, 1.165) is 32.4 Å². The van der Waals surface area contributed by atoms with E-state index in [2.05, 4.69) is 0 Å². The van der Waals surface area contributed by atoms with Crippen LogP contribution >= 0.6 is 46.3 Å². The maximum Gasteiger partial charge on any atom is 0.229 e. The number of anilines is 1. The minimum Gasteiger partial charge on any atom is -0.494 e. The third-order valence-corrected chi connectivity index (χ3v) is 7.89. The highest BCUT2D eigenvalue weighted by molar-refractivity contribution is 7.99. The molecule has 0 aliphatic rings. The van der Waals surface area contributed by atoms with Gasteiger partial charge in [0.1, 0.15) is 11.3 Å². The molecule has 0 spiro atoms. The third kappa shape index (κ3) is 6.01. The molecule has 0 fully saturated rings. The lowest BCUT2D eigenvalue weighted by Gasteiger charge is -2.20. The molecule has 170 valence electrons. The van der Waals surface area contributed by atoms with Gasteiger partial charge < -0.3 is 4.74 Å². The summed E-state index contributed by atoms with van der Waals surface area (Å²) in [5, 5.41) is 1.94. The number of methoxy groups -OCH3 is 1. The van der Waals surface area contributed by atoms with Crippen LogP contribution in [0.3, 0.4) is 0 Å². The molecule has 4 rings (SSSR count). The Morgan fingerprint density at radius 1 is 1.06 bits per heavy atom. The zero-order valence-electron chi connectivity index (χ0n) is 18.0. The molecule has 0 bridgehead atoms. The van der Waals surface area contributed by atoms with Crippen molar-refractivity contribution in [3.05, 3.63) is 82.3 Å². The Morgan fingerprint density at radius 2 is 1.82 bits per heavy atom. The Kier molecular flexibility index (Phi) is 8.15. The number of carbonyl (C=O) groups is 1. The first-order valence-corrected chi connectivity index (χ1v) is 13.0. The van der Waals surface area contributed by atoms with Crippen molar-refractivity contribution in [3.8, 4) is 5.75 Å². The van der Waals surface area contributed by atoms with Gasteiger partial charge in [0, 0.05) is 16.3 Å². The summed E-state index contributed by atoms with van der Waals surface area (Å²) in [6.45, 7) is 0.448. The van der Waals surface area contributed by atoms with Crippen LogP contribution in [0.4, 0.5) is 5.13 Å². The van der Waals surface area contributed by atoms with E-state index in [0.29, 0.717) is 34.4 Å². The van der Waals surface area contributed by atoms with Gasteiger partial charge >= 0.3 is 0 Å². The van der Waals surface area contributed by atoms with Crippen LogP contribution in [-0.4, -0.2) is 23.8 Å². The average Bonchev–Trinajstić information content (AvgIpc) is 3.28. The van der Waals surface area contributed by atoms with Crippen molar-refractivity contribution in [1.82, 2.24) is 4.98 Å². The van der Waals surface area contributed by atoms with Crippen molar-refractivity contribution in [1.29, 1.82) is 0 Å². The third-order valence-electron chi connectivity index (χ3n) is 5.00. The predicted octanol–water partition coefficient (Wildman–Crippen LogP) is 7.72. The molecular weight excluding hydrogens is 495 g/mol. The number of amides is 1. The molecule has 33 heavy (non-hydrogen) atoms. The number of fused-ring (bicyclic) bond motifs is 1. The maximum absolute atomic E-state index is 13.3. The molecule has 0 unspecified atom stereocenters. The summed E-state index contributed by atoms with van der Waals surface area (Å²) in [7, 11) is 1.60. The van der Waals surface area contributed by atoms with Gasteiger partial charge in [0.15, 0.2) is 5.13 Å². The summed E-state index contributed by atoms with van der Waals surface area (Å²) in [6.07, 6.45) is 1.18. The van der Waals surface area contributed by atoms with E-state index in [-0.39, 0.29) is 5.91 Å². The highest BCUT2D eigenvalue weighted by atomic mass is 35.5. The second kappa shape index (κ2) is 11.3. The molecule has 1 heterocycles. The van der Waals surface area contributed by atoms with E-state index in [1.807, 2.05) is 54.6 Å². The highest BCUT2D eigenvalue weighted by Crippen LogP contribution is 2.39. The molecule has 0 atom stereocenters. The van der Waals surface area contributed by atoms with Gasteiger partial charge in [-0.3, -0.25) is 9.69 Å². The fraction of sp³-hybridized carbons (Fsp3) is 0.200. The van der Waals surface area contributed by atoms with E-state index in [1.165, 1.54) is 11.3 Å². The molecule has 4 aromatic rings. The Bertz CT molecular complexity index is 1230. The Morgan fingerprint density at radius 3 is 2.55 bits per heavy atom. The summed E-state index contributed by atoms with van der Waals surface area (Å²) < 4.78 is 6.27. The van der Waals surface area contributed by atoms with Crippen molar-refractivity contribution in [3.63, 3.8) is 0 Å². The Balaban J connectivity index is 1.52. The molecule has 0 aliphatic carbocycles. The topological polar surface area (TPSA) is 42.4 Å². The molecule has 0 saturated carbocycles. The van der Waals surface area contributed by atoms with E-state index < -0.39 is 0 Å². The fourth-order valence-electron chi connectivity index (χ4n) is 3.33. The number of thiazole rings is 1. The van der Waals surface area contributed by atoms with E-state index in [9.17, 15) is 4.79 Å². The second-order valence-electron chi connectivity index (χ2n) is 7.30. The van der Waals surface area contributed by atoms with Gasteiger partial charge in [0.05, 0.1) is 23.4 Å². The number of aromatic nitrogens is 1. The molecule has 1 amide bonds. The molecule has 1 aromatic heterocycles. The summed E-state index contributed by atoms with van der Waals surface area (Å²) in [5.41, 5.74) is 1.72. The molecule has 8 heteroatoms. The lowest BCUT2D eigenvalue weighted by Crippen LogP contribution is -2.30. The van der Waals surface area contributed by atoms with Gasteiger partial charge in [0.25, 0.3) is 0 Å². The number of hydrogen-bond acceptors (Lipinski definition) is 5. The van der Waals surface area contributed by atoms with Crippen molar-refractivity contribution in [2.45, 2.75) is 24.3 Å². The molecule has 0 aliphatic heterocycles. The van der Waals surface area contributed by atoms with E-state index in [1.54, 1.807) is 35.9 Å². The minimum atomic E-state index is 0.0321. The first-order valence-electron chi connectivity index (χ1n) is 10.4. The van der Waals surface area contributed by atoms with Crippen LogP contribution in [0.2, 0.25) is 10.0 Å². The molecule has 0 N–H and O–H groups in total. The number of carbonyl (C=O) groups excluding carboxylic acids is 1. The van der Waals surface area contributed by atoms with Crippen LogP contribution in [0.5, 0.6) is 5.75 Å².